The predicted octanol–water partition coefficient (Wildman–Crippen LogP) is 2.96. The number of aryl methyl sites for hydroxylation is 1. The number of hydrogen-bond acceptors (Lipinski definition) is 3. The first kappa shape index (κ1) is 19.1. The highest BCUT2D eigenvalue weighted by Gasteiger charge is 2.23. The number of nitrogens with one attached hydrogen (secondary N) is 1. The van der Waals surface area contributed by atoms with Crippen LogP contribution in [0.5, 0.6) is 0 Å². The van der Waals surface area contributed by atoms with E-state index in [4.69, 9.17) is 0 Å². The third-order valence-corrected chi connectivity index (χ3v) is 5.74. The summed E-state index contributed by atoms with van der Waals surface area (Å²) in [6.45, 7) is 4.59. The first-order chi connectivity index (χ1) is 11.9. The Labute approximate surface area is 149 Å². The molecule has 25 heavy (non-hydrogen) atoms. The monoisotopic (exact) mass is 360 g/mol. The maximum absolute atomic E-state index is 12.8. The van der Waals surface area contributed by atoms with Gasteiger partial charge in [0.15, 0.2) is 0 Å². The Kier molecular flexibility index (Phi) is 6.33. The van der Waals surface area contributed by atoms with E-state index in [2.05, 4.69) is 5.32 Å². The van der Waals surface area contributed by atoms with Crippen LogP contribution in [0.15, 0.2) is 53.4 Å². The van der Waals surface area contributed by atoms with Crippen molar-refractivity contribution in [2.45, 2.75) is 31.7 Å². The first-order valence-electron chi connectivity index (χ1n) is 8.25. The van der Waals surface area contributed by atoms with Gasteiger partial charge in [0.25, 0.3) is 5.91 Å². The minimum atomic E-state index is -3.68. The number of carbonyl (C=O) groups excluding carboxylic acids is 1. The normalized spacial score (nSPS) is 11.5. The molecule has 0 spiro atoms. The van der Waals surface area contributed by atoms with E-state index < -0.39 is 10.0 Å². The molecule has 2 rings (SSSR count). The average molecular weight is 360 g/mol. The molecule has 2 aromatic carbocycles. The summed E-state index contributed by atoms with van der Waals surface area (Å²) in [5, 5.41) is 2.79. The molecule has 0 saturated heterocycles. The third kappa shape index (κ3) is 4.67. The number of sulfonamides is 1. The van der Waals surface area contributed by atoms with Gasteiger partial charge >= 0.3 is 0 Å². The summed E-state index contributed by atoms with van der Waals surface area (Å²) in [5.41, 5.74) is 2.04. The fourth-order valence-electron chi connectivity index (χ4n) is 2.45. The number of carbonyl (C=O) groups is 1. The average Bonchev–Trinajstić information content (AvgIpc) is 2.60. The Morgan fingerprint density at radius 1 is 1.12 bits per heavy atom. The molecule has 0 atom stereocenters. The van der Waals surface area contributed by atoms with Gasteiger partial charge in [0.1, 0.15) is 0 Å². The van der Waals surface area contributed by atoms with Crippen molar-refractivity contribution in [3.63, 3.8) is 0 Å². The summed E-state index contributed by atoms with van der Waals surface area (Å²) >= 11 is 0. The molecule has 5 nitrogen and oxygen atoms in total. The Hall–Kier alpha value is -2.18. The van der Waals surface area contributed by atoms with Crippen molar-refractivity contribution in [1.29, 1.82) is 0 Å². The van der Waals surface area contributed by atoms with Crippen LogP contribution in [-0.2, 0) is 16.6 Å². The van der Waals surface area contributed by atoms with Gasteiger partial charge in [-0.05, 0) is 36.6 Å². The second kappa shape index (κ2) is 8.27. The maximum atomic E-state index is 12.8. The summed E-state index contributed by atoms with van der Waals surface area (Å²) in [6, 6.07) is 14.1. The van der Waals surface area contributed by atoms with E-state index in [0.29, 0.717) is 12.1 Å². The van der Waals surface area contributed by atoms with Gasteiger partial charge in [-0.1, -0.05) is 43.3 Å². The number of amides is 1. The summed E-state index contributed by atoms with van der Waals surface area (Å²) < 4.78 is 27.0. The van der Waals surface area contributed by atoms with E-state index in [1.807, 2.05) is 37.3 Å². The molecule has 0 aliphatic carbocycles. The Morgan fingerprint density at radius 3 is 2.44 bits per heavy atom. The molecule has 6 heteroatoms. The Bertz CT molecular complexity index is 833. The highest BCUT2D eigenvalue weighted by Crippen LogP contribution is 2.20. The van der Waals surface area contributed by atoms with E-state index in [-0.39, 0.29) is 17.3 Å². The minimum Gasteiger partial charge on any atom is -0.352 e. The van der Waals surface area contributed by atoms with Gasteiger partial charge in [0, 0.05) is 25.7 Å². The van der Waals surface area contributed by atoms with E-state index in [9.17, 15) is 13.2 Å². The lowest BCUT2D eigenvalue weighted by Gasteiger charge is -2.18. The molecule has 1 N–H and O–H groups in total. The number of hydrogen-bond donors (Lipinski definition) is 1. The van der Waals surface area contributed by atoms with Gasteiger partial charge in [0.2, 0.25) is 10.0 Å². The third-order valence-electron chi connectivity index (χ3n) is 3.95. The van der Waals surface area contributed by atoms with Gasteiger partial charge in [-0.2, -0.15) is 4.31 Å². The van der Waals surface area contributed by atoms with Gasteiger partial charge in [-0.15, -0.1) is 0 Å². The van der Waals surface area contributed by atoms with Gasteiger partial charge in [-0.3, -0.25) is 4.79 Å². The quantitative estimate of drug-likeness (QED) is 0.825. The van der Waals surface area contributed by atoms with Crippen LogP contribution >= 0.6 is 0 Å². The van der Waals surface area contributed by atoms with E-state index in [1.165, 1.54) is 10.4 Å². The molecule has 0 unspecified atom stereocenters. The van der Waals surface area contributed by atoms with Crippen LogP contribution in [0.4, 0.5) is 0 Å². The zero-order valence-electron chi connectivity index (χ0n) is 14.8. The van der Waals surface area contributed by atoms with E-state index in [1.54, 1.807) is 26.1 Å². The lowest BCUT2D eigenvalue weighted by atomic mass is 10.1. The van der Waals surface area contributed by atoms with E-state index >= 15 is 0 Å². The molecule has 0 aliphatic heterocycles. The Balaban J connectivity index is 2.28. The standard InChI is InChI=1S/C19H24N2O3S/c1-4-12-20-19(22)18-13-17(11-10-15(18)2)25(23,24)21(3)14-16-8-6-5-7-9-16/h5-11,13H,4,12,14H2,1-3H3,(H,20,22). The van der Waals surface area contributed by atoms with Crippen molar-refractivity contribution >= 4 is 15.9 Å². The summed E-state index contributed by atoms with van der Waals surface area (Å²) in [6.07, 6.45) is 0.822. The van der Waals surface area contributed by atoms with Crippen LogP contribution in [0, 0.1) is 6.92 Å². The smallest absolute Gasteiger partial charge is 0.251 e. The molecule has 1 amide bonds. The van der Waals surface area contributed by atoms with Crippen LogP contribution in [0.25, 0.3) is 0 Å². The molecule has 0 aromatic heterocycles. The van der Waals surface area contributed by atoms with Gasteiger partial charge < -0.3 is 5.32 Å². The second-order valence-electron chi connectivity index (χ2n) is 5.98. The van der Waals surface area contributed by atoms with Crippen molar-refractivity contribution in [2.75, 3.05) is 13.6 Å². The zero-order chi connectivity index (χ0) is 18.4. The second-order valence-corrected chi connectivity index (χ2v) is 8.02. The summed E-state index contributed by atoms with van der Waals surface area (Å²) in [4.78, 5) is 12.4. The molecule has 0 saturated carbocycles. The van der Waals surface area contributed by atoms with Crippen LogP contribution < -0.4 is 5.32 Å². The maximum Gasteiger partial charge on any atom is 0.251 e. The highest BCUT2D eigenvalue weighted by molar-refractivity contribution is 7.89. The minimum absolute atomic E-state index is 0.123. The Morgan fingerprint density at radius 2 is 1.80 bits per heavy atom. The first-order valence-corrected chi connectivity index (χ1v) is 9.69. The molecule has 0 fully saturated rings. The molecule has 0 aliphatic rings. The highest BCUT2D eigenvalue weighted by atomic mass is 32.2. The SMILES string of the molecule is CCCNC(=O)c1cc(S(=O)(=O)N(C)Cc2ccccc2)ccc1C. The molecule has 0 bridgehead atoms. The summed E-state index contributed by atoms with van der Waals surface area (Å²) in [5.74, 6) is -0.248. The predicted molar refractivity (Wildman–Crippen MR) is 98.9 cm³/mol. The molecule has 134 valence electrons. The summed E-state index contributed by atoms with van der Waals surface area (Å²) in [7, 11) is -2.14. The number of benzene rings is 2. The number of nitrogens with zero attached hydrogens (tertiary/aromatic N) is 1. The lowest BCUT2D eigenvalue weighted by Crippen LogP contribution is -2.28. The van der Waals surface area contributed by atoms with Gasteiger partial charge in [0.05, 0.1) is 4.90 Å². The van der Waals surface area contributed by atoms with Gasteiger partial charge in [-0.25, -0.2) is 8.42 Å². The fourth-order valence-corrected chi connectivity index (χ4v) is 3.63. The fraction of sp³-hybridized carbons (Fsp3) is 0.316. The van der Waals surface area contributed by atoms with Crippen molar-refractivity contribution in [2.24, 2.45) is 0 Å². The molecule has 0 radical (unpaired) electrons. The zero-order valence-corrected chi connectivity index (χ0v) is 15.6. The van der Waals surface area contributed by atoms with Crippen LogP contribution in [0.1, 0.15) is 34.8 Å². The van der Waals surface area contributed by atoms with Crippen LogP contribution in [-0.4, -0.2) is 32.2 Å². The largest absolute Gasteiger partial charge is 0.352 e. The van der Waals surface area contributed by atoms with Crippen molar-refractivity contribution < 1.29 is 13.2 Å². The van der Waals surface area contributed by atoms with Crippen molar-refractivity contribution in [1.82, 2.24) is 9.62 Å². The molecular formula is C19H24N2O3S. The van der Waals surface area contributed by atoms with Crippen LogP contribution in [0.2, 0.25) is 0 Å². The topological polar surface area (TPSA) is 66.5 Å². The van der Waals surface area contributed by atoms with Crippen molar-refractivity contribution in [3.8, 4) is 0 Å². The van der Waals surface area contributed by atoms with E-state index in [0.717, 1.165) is 17.5 Å². The molecule has 2 aromatic rings. The van der Waals surface area contributed by atoms with Crippen LogP contribution in [0.3, 0.4) is 0 Å². The van der Waals surface area contributed by atoms with Crippen molar-refractivity contribution in [3.05, 3.63) is 65.2 Å². The molecular weight excluding hydrogens is 336 g/mol. The molecule has 0 heterocycles. The number of rotatable bonds is 7. The lowest BCUT2D eigenvalue weighted by molar-refractivity contribution is 0.0953.